The zero-order chi connectivity index (χ0) is 14.8. The summed E-state index contributed by atoms with van der Waals surface area (Å²) in [5, 5.41) is 6.30. The van der Waals surface area contributed by atoms with E-state index in [0.29, 0.717) is 5.69 Å². The second kappa shape index (κ2) is 5.24. The number of carbonyl (C=O) groups excluding carboxylic acids is 1. The first-order valence-electron chi connectivity index (χ1n) is 5.59. The minimum atomic E-state index is -4.39. The van der Waals surface area contributed by atoms with E-state index in [0.717, 1.165) is 12.1 Å². The van der Waals surface area contributed by atoms with Crippen LogP contribution in [0.3, 0.4) is 0 Å². The average molecular weight is 284 g/mol. The number of carbonyl (C=O) groups is 1. The van der Waals surface area contributed by atoms with Crippen molar-refractivity contribution in [2.24, 2.45) is 0 Å². The van der Waals surface area contributed by atoms with Crippen molar-refractivity contribution in [3.63, 3.8) is 0 Å². The smallest absolute Gasteiger partial charge is 0.396 e. The summed E-state index contributed by atoms with van der Waals surface area (Å²) in [5.41, 5.74) is 5.38. The molecule has 0 unspecified atom stereocenters. The van der Waals surface area contributed by atoms with Gasteiger partial charge in [0.2, 0.25) is 5.91 Å². The first-order valence-corrected chi connectivity index (χ1v) is 5.59. The summed E-state index contributed by atoms with van der Waals surface area (Å²) in [7, 11) is 0. The van der Waals surface area contributed by atoms with Gasteiger partial charge in [-0.1, -0.05) is 0 Å². The highest BCUT2D eigenvalue weighted by molar-refractivity contribution is 5.90. The van der Waals surface area contributed by atoms with Crippen LogP contribution in [-0.2, 0) is 17.5 Å². The molecule has 0 aliphatic heterocycles. The number of aromatic nitrogens is 2. The molecule has 3 N–H and O–H groups in total. The Hall–Kier alpha value is -2.51. The molecular weight excluding hydrogens is 273 g/mol. The lowest BCUT2D eigenvalue weighted by Crippen LogP contribution is -2.19. The molecule has 1 aromatic carbocycles. The van der Waals surface area contributed by atoms with Gasteiger partial charge in [-0.15, -0.1) is 0 Å². The molecule has 1 amide bonds. The Morgan fingerprint density at radius 2 is 1.95 bits per heavy atom. The maximum atomic E-state index is 12.4. The van der Waals surface area contributed by atoms with Gasteiger partial charge >= 0.3 is 6.18 Å². The number of halogens is 3. The van der Waals surface area contributed by atoms with E-state index in [1.165, 1.54) is 29.2 Å². The van der Waals surface area contributed by atoms with Crippen LogP contribution in [0.2, 0.25) is 0 Å². The first kappa shape index (κ1) is 13.9. The number of nitrogens with one attached hydrogen (secondary N) is 1. The molecule has 106 valence electrons. The zero-order valence-electron chi connectivity index (χ0n) is 10.2. The van der Waals surface area contributed by atoms with Crippen molar-refractivity contribution in [1.82, 2.24) is 9.78 Å². The van der Waals surface area contributed by atoms with Crippen LogP contribution in [0.1, 0.15) is 5.56 Å². The molecule has 0 bridgehead atoms. The van der Waals surface area contributed by atoms with Gasteiger partial charge in [0.05, 0.1) is 17.4 Å². The fourth-order valence-corrected chi connectivity index (χ4v) is 1.56. The highest BCUT2D eigenvalue weighted by atomic mass is 19.4. The fourth-order valence-electron chi connectivity index (χ4n) is 1.56. The summed E-state index contributed by atoms with van der Waals surface area (Å²) in [4.78, 5) is 11.6. The number of hydrogen-bond donors (Lipinski definition) is 2. The summed E-state index contributed by atoms with van der Waals surface area (Å²) < 4.78 is 38.4. The number of anilines is 2. The Morgan fingerprint density at radius 3 is 2.45 bits per heavy atom. The standard InChI is InChI=1S/C12H11F3N4O/c13-12(14,15)8-1-3-10(4-2-8)18-11(20)7-19-6-9(16)5-17-19/h1-6H,7,16H2,(H,18,20). The first-order chi connectivity index (χ1) is 9.34. The number of benzene rings is 1. The average Bonchev–Trinajstić information content (AvgIpc) is 2.74. The van der Waals surface area contributed by atoms with Crippen LogP contribution in [-0.4, -0.2) is 15.7 Å². The fraction of sp³-hybridized carbons (Fsp3) is 0.167. The maximum Gasteiger partial charge on any atom is 0.416 e. The van der Waals surface area contributed by atoms with Crippen molar-refractivity contribution in [3.05, 3.63) is 42.2 Å². The van der Waals surface area contributed by atoms with E-state index in [4.69, 9.17) is 5.73 Å². The van der Waals surface area contributed by atoms with E-state index in [1.807, 2.05) is 0 Å². The molecule has 2 rings (SSSR count). The van der Waals surface area contributed by atoms with Crippen LogP contribution in [0, 0.1) is 0 Å². The van der Waals surface area contributed by atoms with E-state index >= 15 is 0 Å². The highest BCUT2D eigenvalue weighted by Gasteiger charge is 2.29. The van der Waals surface area contributed by atoms with Crippen LogP contribution in [0.15, 0.2) is 36.7 Å². The SMILES string of the molecule is Nc1cnn(CC(=O)Nc2ccc(C(F)(F)F)cc2)c1. The monoisotopic (exact) mass is 284 g/mol. The lowest BCUT2D eigenvalue weighted by molar-refractivity contribution is -0.137. The zero-order valence-corrected chi connectivity index (χ0v) is 10.2. The Morgan fingerprint density at radius 1 is 1.30 bits per heavy atom. The van der Waals surface area contributed by atoms with Crippen LogP contribution in [0.5, 0.6) is 0 Å². The highest BCUT2D eigenvalue weighted by Crippen LogP contribution is 2.29. The van der Waals surface area contributed by atoms with Gasteiger partial charge in [-0.25, -0.2) is 0 Å². The molecule has 8 heteroatoms. The van der Waals surface area contributed by atoms with Gasteiger partial charge in [0, 0.05) is 11.9 Å². The van der Waals surface area contributed by atoms with Crippen LogP contribution >= 0.6 is 0 Å². The summed E-state index contributed by atoms with van der Waals surface area (Å²) in [6, 6.07) is 4.19. The predicted molar refractivity (Wildman–Crippen MR) is 66.7 cm³/mol. The van der Waals surface area contributed by atoms with Gasteiger partial charge in [0.15, 0.2) is 0 Å². The number of rotatable bonds is 3. The molecule has 1 heterocycles. The lowest BCUT2D eigenvalue weighted by Gasteiger charge is -2.08. The molecular formula is C12H11F3N4O. The molecule has 20 heavy (non-hydrogen) atoms. The predicted octanol–water partition coefficient (Wildman–Crippen LogP) is 2.12. The number of nitrogens with two attached hydrogens (primary N) is 1. The van der Waals surface area contributed by atoms with Crippen LogP contribution < -0.4 is 11.1 Å². The quantitative estimate of drug-likeness (QED) is 0.906. The molecule has 0 saturated heterocycles. The molecule has 0 atom stereocenters. The lowest BCUT2D eigenvalue weighted by atomic mass is 10.2. The number of alkyl halides is 3. The third-order valence-corrected chi connectivity index (χ3v) is 2.45. The Balaban J connectivity index is 1.98. The molecule has 2 aromatic rings. The number of amides is 1. The van der Waals surface area contributed by atoms with Crippen LogP contribution in [0.25, 0.3) is 0 Å². The molecule has 1 aromatic heterocycles. The normalized spacial score (nSPS) is 11.3. The maximum absolute atomic E-state index is 12.4. The largest absolute Gasteiger partial charge is 0.416 e. The molecule has 0 radical (unpaired) electrons. The third-order valence-electron chi connectivity index (χ3n) is 2.45. The van der Waals surface area contributed by atoms with E-state index < -0.39 is 17.6 Å². The summed E-state index contributed by atoms with van der Waals surface area (Å²) in [6.45, 7) is -0.0712. The minimum Gasteiger partial charge on any atom is -0.396 e. The Labute approximate surface area is 112 Å². The van der Waals surface area contributed by atoms with Gasteiger partial charge in [0.1, 0.15) is 6.54 Å². The molecule has 0 spiro atoms. The summed E-state index contributed by atoms with van der Waals surface area (Å²) in [5.74, 6) is -0.409. The molecule has 0 aliphatic rings. The van der Waals surface area contributed by atoms with E-state index in [2.05, 4.69) is 10.4 Å². The number of nitrogen functional groups attached to an aromatic ring is 1. The van der Waals surface area contributed by atoms with Crippen molar-refractivity contribution >= 4 is 17.3 Å². The van der Waals surface area contributed by atoms with Crippen LogP contribution in [0.4, 0.5) is 24.5 Å². The topological polar surface area (TPSA) is 72.9 Å². The second-order valence-corrected chi connectivity index (χ2v) is 4.09. The second-order valence-electron chi connectivity index (χ2n) is 4.09. The number of hydrogen-bond acceptors (Lipinski definition) is 3. The van der Waals surface area contributed by atoms with Crippen molar-refractivity contribution in [3.8, 4) is 0 Å². The van der Waals surface area contributed by atoms with Gasteiger partial charge in [-0.2, -0.15) is 18.3 Å². The van der Waals surface area contributed by atoms with Gasteiger partial charge < -0.3 is 11.1 Å². The third kappa shape index (κ3) is 3.50. The molecule has 0 aliphatic carbocycles. The molecule has 0 fully saturated rings. The van der Waals surface area contributed by atoms with Gasteiger partial charge in [-0.3, -0.25) is 9.48 Å². The van der Waals surface area contributed by atoms with Crippen molar-refractivity contribution < 1.29 is 18.0 Å². The Kier molecular flexibility index (Phi) is 3.64. The van der Waals surface area contributed by atoms with E-state index in [1.54, 1.807) is 0 Å². The van der Waals surface area contributed by atoms with Crippen molar-refractivity contribution in [1.29, 1.82) is 0 Å². The van der Waals surface area contributed by atoms with E-state index in [9.17, 15) is 18.0 Å². The summed E-state index contributed by atoms with van der Waals surface area (Å²) >= 11 is 0. The van der Waals surface area contributed by atoms with Gasteiger partial charge in [-0.05, 0) is 24.3 Å². The molecule has 0 saturated carbocycles. The Bertz CT molecular complexity index is 604. The number of nitrogens with zero attached hydrogens (tertiary/aromatic N) is 2. The van der Waals surface area contributed by atoms with E-state index in [-0.39, 0.29) is 12.2 Å². The van der Waals surface area contributed by atoms with Crippen molar-refractivity contribution in [2.75, 3.05) is 11.1 Å². The molecule has 5 nitrogen and oxygen atoms in total. The summed E-state index contributed by atoms with van der Waals surface area (Å²) in [6.07, 6.45) is -1.52. The van der Waals surface area contributed by atoms with Crippen molar-refractivity contribution in [2.45, 2.75) is 12.7 Å². The minimum absolute atomic E-state index is 0.0712. The van der Waals surface area contributed by atoms with Gasteiger partial charge in [0.25, 0.3) is 0 Å².